The molecule has 0 spiro atoms. The van der Waals surface area contributed by atoms with Gasteiger partial charge >= 0.3 is 0 Å². The normalized spacial score (nSPS) is 10.7. The molecule has 29 heavy (non-hydrogen) atoms. The van der Waals surface area contributed by atoms with E-state index < -0.39 is 4.92 Å². The highest BCUT2D eigenvalue weighted by atomic mass is 16.6. The second-order valence-electron chi connectivity index (χ2n) is 6.57. The van der Waals surface area contributed by atoms with E-state index in [1.165, 1.54) is 18.2 Å². The van der Waals surface area contributed by atoms with Crippen LogP contribution in [0.1, 0.15) is 21.5 Å². The first-order valence-electron chi connectivity index (χ1n) is 8.91. The van der Waals surface area contributed by atoms with Crippen molar-refractivity contribution in [1.29, 1.82) is 0 Å². The zero-order valence-electron chi connectivity index (χ0n) is 15.5. The standard InChI is InChI=1S/C22H16N4O3/c1-15-9-11-17(12-10-15)25-14-21(23-24-25)19-7-2-3-8-20(19)22(27)16-5-4-6-18(13-16)26(28)29/h2-14H,1H3. The van der Waals surface area contributed by atoms with Gasteiger partial charge in [-0.05, 0) is 19.1 Å². The lowest BCUT2D eigenvalue weighted by Crippen LogP contribution is -2.04. The van der Waals surface area contributed by atoms with Crippen molar-refractivity contribution in [2.75, 3.05) is 0 Å². The molecule has 0 aliphatic carbocycles. The van der Waals surface area contributed by atoms with Crippen LogP contribution < -0.4 is 0 Å². The zero-order valence-corrected chi connectivity index (χ0v) is 15.5. The molecule has 0 fully saturated rings. The minimum atomic E-state index is -0.518. The molecule has 0 N–H and O–H groups in total. The number of aromatic nitrogens is 3. The van der Waals surface area contributed by atoms with Crippen LogP contribution in [0.5, 0.6) is 0 Å². The second kappa shape index (κ2) is 7.47. The lowest BCUT2D eigenvalue weighted by Gasteiger charge is -2.06. The van der Waals surface area contributed by atoms with Gasteiger partial charge in [0.25, 0.3) is 5.69 Å². The molecule has 1 heterocycles. The van der Waals surface area contributed by atoms with Crippen LogP contribution in [0.25, 0.3) is 16.9 Å². The Hall–Kier alpha value is -4.13. The van der Waals surface area contributed by atoms with Crippen molar-refractivity contribution in [3.63, 3.8) is 0 Å². The quantitative estimate of drug-likeness (QED) is 0.289. The Morgan fingerprint density at radius 3 is 2.52 bits per heavy atom. The molecular formula is C22H16N4O3. The van der Waals surface area contributed by atoms with Gasteiger partial charge in [0.05, 0.1) is 16.8 Å². The van der Waals surface area contributed by atoms with Gasteiger partial charge in [-0.2, -0.15) is 0 Å². The van der Waals surface area contributed by atoms with Crippen molar-refractivity contribution in [3.8, 4) is 16.9 Å². The van der Waals surface area contributed by atoms with E-state index in [1.807, 2.05) is 37.3 Å². The summed E-state index contributed by atoms with van der Waals surface area (Å²) in [5, 5.41) is 19.4. The highest BCUT2D eigenvalue weighted by molar-refractivity contribution is 6.12. The van der Waals surface area contributed by atoms with E-state index in [0.29, 0.717) is 16.8 Å². The van der Waals surface area contributed by atoms with E-state index >= 15 is 0 Å². The van der Waals surface area contributed by atoms with E-state index in [9.17, 15) is 14.9 Å². The lowest BCUT2D eigenvalue weighted by atomic mass is 9.96. The van der Waals surface area contributed by atoms with E-state index in [4.69, 9.17) is 0 Å². The smallest absolute Gasteiger partial charge is 0.270 e. The first-order valence-corrected chi connectivity index (χ1v) is 8.91. The van der Waals surface area contributed by atoms with E-state index in [0.717, 1.165) is 11.3 Å². The maximum Gasteiger partial charge on any atom is 0.270 e. The van der Waals surface area contributed by atoms with Crippen molar-refractivity contribution < 1.29 is 9.72 Å². The fourth-order valence-corrected chi connectivity index (χ4v) is 3.03. The van der Waals surface area contributed by atoms with Gasteiger partial charge in [0.1, 0.15) is 5.69 Å². The number of ketones is 1. The van der Waals surface area contributed by atoms with Crippen LogP contribution in [0.2, 0.25) is 0 Å². The van der Waals surface area contributed by atoms with Gasteiger partial charge in [-0.1, -0.05) is 59.3 Å². The fraction of sp³-hybridized carbons (Fsp3) is 0.0455. The molecule has 0 saturated heterocycles. The first kappa shape index (κ1) is 18.2. The average molecular weight is 384 g/mol. The van der Waals surface area contributed by atoms with Crippen LogP contribution >= 0.6 is 0 Å². The van der Waals surface area contributed by atoms with Gasteiger partial charge in [0, 0.05) is 28.8 Å². The fourth-order valence-electron chi connectivity index (χ4n) is 3.03. The zero-order chi connectivity index (χ0) is 20.4. The predicted octanol–water partition coefficient (Wildman–Crippen LogP) is 4.38. The topological polar surface area (TPSA) is 90.9 Å². The van der Waals surface area contributed by atoms with Gasteiger partial charge in [0.2, 0.25) is 0 Å². The molecule has 4 rings (SSSR count). The molecule has 0 amide bonds. The number of nitro groups is 1. The van der Waals surface area contributed by atoms with Crippen molar-refractivity contribution >= 4 is 11.5 Å². The highest BCUT2D eigenvalue weighted by Crippen LogP contribution is 2.26. The SMILES string of the molecule is Cc1ccc(-n2cc(-c3ccccc3C(=O)c3cccc([N+](=O)[O-])c3)nn2)cc1. The molecule has 3 aromatic carbocycles. The Bertz CT molecular complexity index is 1210. The molecule has 0 bridgehead atoms. The van der Waals surface area contributed by atoms with E-state index in [2.05, 4.69) is 10.3 Å². The van der Waals surface area contributed by atoms with Crippen LogP contribution in [-0.2, 0) is 0 Å². The van der Waals surface area contributed by atoms with Gasteiger partial charge in [-0.25, -0.2) is 4.68 Å². The number of nitro benzene ring substituents is 1. The maximum atomic E-state index is 13.1. The summed E-state index contributed by atoms with van der Waals surface area (Å²) in [4.78, 5) is 23.6. The molecule has 0 unspecified atom stereocenters. The molecule has 0 atom stereocenters. The predicted molar refractivity (Wildman–Crippen MR) is 108 cm³/mol. The number of carbonyl (C=O) groups excluding carboxylic acids is 1. The Labute approximate surface area is 166 Å². The summed E-state index contributed by atoms with van der Waals surface area (Å²) in [6.45, 7) is 2.01. The third-order valence-corrected chi connectivity index (χ3v) is 4.56. The van der Waals surface area contributed by atoms with E-state index in [1.54, 1.807) is 35.1 Å². The number of hydrogen-bond donors (Lipinski definition) is 0. The Kier molecular flexibility index (Phi) is 4.70. The van der Waals surface area contributed by atoms with Gasteiger partial charge < -0.3 is 0 Å². The number of benzene rings is 3. The first-order chi connectivity index (χ1) is 14.0. The highest BCUT2D eigenvalue weighted by Gasteiger charge is 2.18. The van der Waals surface area contributed by atoms with Crippen molar-refractivity contribution in [2.24, 2.45) is 0 Å². The number of rotatable bonds is 5. The van der Waals surface area contributed by atoms with E-state index in [-0.39, 0.29) is 17.0 Å². The number of nitrogens with zero attached hydrogens (tertiary/aromatic N) is 4. The van der Waals surface area contributed by atoms with Crippen LogP contribution in [0.15, 0.2) is 79.0 Å². The van der Waals surface area contributed by atoms with Crippen LogP contribution in [-0.4, -0.2) is 25.7 Å². The Morgan fingerprint density at radius 2 is 1.76 bits per heavy atom. The summed E-state index contributed by atoms with van der Waals surface area (Å²) in [7, 11) is 0. The summed E-state index contributed by atoms with van der Waals surface area (Å²) in [5.41, 5.74) is 3.68. The molecule has 0 saturated carbocycles. The summed E-state index contributed by atoms with van der Waals surface area (Å²) in [6, 6.07) is 20.6. The molecule has 7 heteroatoms. The van der Waals surface area contributed by atoms with Gasteiger partial charge in [0.15, 0.2) is 5.78 Å². The minimum absolute atomic E-state index is 0.126. The molecule has 1 aromatic heterocycles. The van der Waals surface area contributed by atoms with Crippen molar-refractivity contribution in [2.45, 2.75) is 6.92 Å². The molecule has 7 nitrogen and oxygen atoms in total. The molecule has 0 aliphatic rings. The lowest BCUT2D eigenvalue weighted by molar-refractivity contribution is -0.384. The Morgan fingerprint density at radius 1 is 1.00 bits per heavy atom. The van der Waals surface area contributed by atoms with Gasteiger partial charge in [-0.15, -0.1) is 5.10 Å². The average Bonchev–Trinajstić information content (AvgIpc) is 3.24. The monoisotopic (exact) mass is 384 g/mol. The largest absolute Gasteiger partial charge is 0.289 e. The maximum absolute atomic E-state index is 13.1. The van der Waals surface area contributed by atoms with Gasteiger partial charge in [-0.3, -0.25) is 14.9 Å². The van der Waals surface area contributed by atoms with Crippen LogP contribution in [0.4, 0.5) is 5.69 Å². The number of non-ortho nitro benzene ring substituents is 1. The number of aryl methyl sites for hydroxylation is 1. The molecule has 142 valence electrons. The molecule has 4 aromatic rings. The summed E-state index contributed by atoms with van der Waals surface area (Å²) in [6.07, 6.45) is 1.75. The number of hydrogen-bond acceptors (Lipinski definition) is 5. The van der Waals surface area contributed by atoms with Crippen LogP contribution in [0.3, 0.4) is 0 Å². The minimum Gasteiger partial charge on any atom is -0.289 e. The molecule has 0 radical (unpaired) electrons. The summed E-state index contributed by atoms with van der Waals surface area (Å²) >= 11 is 0. The summed E-state index contributed by atoms with van der Waals surface area (Å²) < 4.78 is 1.64. The summed E-state index contributed by atoms with van der Waals surface area (Å²) in [5.74, 6) is -0.311. The van der Waals surface area contributed by atoms with Crippen molar-refractivity contribution in [3.05, 3.63) is 106 Å². The second-order valence-corrected chi connectivity index (χ2v) is 6.57. The molecule has 0 aliphatic heterocycles. The number of carbonyl (C=O) groups is 1. The Balaban J connectivity index is 1.73. The third kappa shape index (κ3) is 3.66. The third-order valence-electron chi connectivity index (χ3n) is 4.56. The molecular weight excluding hydrogens is 368 g/mol. The van der Waals surface area contributed by atoms with Crippen molar-refractivity contribution in [1.82, 2.24) is 15.0 Å². The van der Waals surface area contributed by atoms with Crippen LogP contribution in [0, 0.1) is 17.0 Å².